The number of aliphatic hydroxyl groups excluding tert-OH is 1. The van der Waals surface area contributed by atoms with Crippen molar-refractivity contribution in [3.8, 4) is 0 Å². The number of aliphatic hydroxyl groups is 1. The van der Waals surface area contributed by atoms with Crippen LogP contribution in [0, 0.1) is 0 Å². The highest BCUT2D eigenvalue weighted by Gasteiger charge is 2.35. The van der Waals surface area contributed by atoms with Gasteiger partial charge in [0.15, 0.2) is 0 Å². The number of hydrogen-bond acceptors (Lipinski definition) is 3. The summed E-state index contributed by atoms with van der Waals surface area (Å²) in [7, 11) is 0. The van der Waals surface area contributed by atoms with Gasteiger partial charge in [0, 0.05) is 28.1 Å². The second-order valence-electron chi connectivity index (χ2n) is 5.53. The van der Waals surface area contributed by atoms with E-state index in [4.69, 9.17) is 16.3 Å². The van der Waals surface area contributed by atoms with Gasteiger partial charge in [-0.05, 0) is 32.0 Å². The van der Waals surface area contributed by atoms with Gasteiger partial charge >= 0.3 is 0 Å². The van der Waals surface area contributed by atoms with Crippen LogP contribution in [0.25, 0.3) is 0 Å². The van der Waals surface area contributed by atoms with Crippen molar-refractivity contribution in [2.75, 3.05) is 19.7 Å². The topological polar surface area (TPSA) is 49.8 Å². The van der Waals surface area contributed by atoms with E-state index < -0.39 is 5.60 Å². The number of carbonyl (C=O) groups is 1. The zero-order valence-corrected chi connectivity index (χ0v) is 13.7. The summed E-state index contributed by atoms with van der Waals surface area (Å²) in [4.78, 5) is 14.3. The molecule has 1 aliphatic rings. The average Bonchev–Trinajstić information content (AvgIpc) is 2.34. The average molecular weight is 363 g/mol. The minimum Gasteiger partial charge on any atom is -0.394 e. The highest BCUT2D eigenvalue weighted by atomic mass is 79.9. The number of benzene rings is 1. The smallest absolute Gasteiger partial charge is 0.254 e. The standard InChI is InChI=1S/C14H17BrClNO3/c1-14(2)8-17(6-12(7-18)20-14)13(19)9-3-10(15)5-11(16)4-9/h3-5,12,18H,6-8H2,1-2H3. The maximum Gasteiger partial charge on any atom is 0.254 e. The molecular formula is C14H17BrClNO3. The summed E-state index contributed by atoms with van der Waals surface area (Å²) < 4.78 is 6.47. The van der Waals surface area contributed by atoms with Crippen molar-refractivity contribution < 1.29 is 14.6 Å². The number of morpholine rings is 1. The number of ether oxygens (including phenoxy) is 1. The normalized spacial score (nSPS) is 21.9. The predicted octanol–water partition coefficient (Wildman–Crippen LogP) is 2.71. The van der Waals surface area contributed by atoms with Gasteiger partial charge in [-0.25, -0.2) is 0 Å². The van der Waals surface area contributed by atoms with Crippen LogP contribution in [0.15, 0.2) is 22.7 Å². The summed E-state index contributed by atoms with van der Waals surface area (Å²) in [6, 6.07) is 5.12. The zero-order chi connectivity index (χ0) is 14.9. The minimum atomic E-state index is -0.475. The van der Waals surface area contributed by atoms with Gasteiger partial charge in [-0.2, -0.15) is 0 Å². The molecule has 1 unspecified atom stereocenters. The second-order valence-corrected chi connectivity index (χ2v) is 6.88. The maximum absolute atomic E-state index is 12.6. The van der Waals surface area contributed by atoms with Crippen molar-refractivity contribution in [1.82, 2.24) is 4.90 Å². The van der Waals surface area contributed by atoms with Gasteiger partial charge in [0.25, 0.3) is 5.91 Å². The molecule has 4 nitrogen and oxygen atoms in total. The van der Waals surface area contributed by atoms with Crippen LogP contribution in [0.3, 0.4) is 0 Å². The number of hydrogen-bond donors (Lipinski definition) is 1. The summed E-state index contributed by atoms with van der Waals surface area (Å²) in [6.45, 7) is 4.56. The van der Waals surface area contributed by atoms with Gasteiger partial charge in [0.05, 0.1) is 18.3 Å². The van der Waals surface area contributed by atoms with E-state index in [2.05, 4.69) is 15.9 Å². The van der Waals surface area contributed by atoms with Gasteiger partial charge in [-0.3, -0.25) is 4.79 Å². The molecule has 1 aliphatic heterocycles. The quantitative estimate of drug-likeness (QED) is 0.880. The first-order valence-electron chi connectivity index (χ1n) is 6.35. The molecule has 1 N–H and O–H groups in total. The minimum absolute atomic E-state index is 0.105. The Labute approximate surface area is 131 Å². The molecule has 1 atom stereocenters. The largest absolute Gasteiger partial charge is 0.394 e. The third-order valence-electron chi connectivity index (χ3n) is 3.08. The van der Waals surface area contributed by atoms with Crippen LogP contribution in [0.1, 0.15) is 24.2 Å². The van der Waals surface area contributed by atoms with Crippen LogP contribution in [0.5, 0.6) is 0 Å². The summed E-state index contributed by atoms with van der Waals surface area (Å²) in [5.74, 6) is -0.108. The van der Waals surface area contributed by atoms with Crippen molar-refractivity contribution in [2.24, 2.45) is 0 Å². The molecule has 0 aliphatic carbocycles. The molecule has 110 valence electrons. The Morgan fingerprint density at radius 2 is 2.25 bits per heavy atom. The fourth-order valence-corrected chi connectivity index (χ4v) is 3.27. The van der Waals surface area contributed by atoms with E-state index in [0.29, 0.717) is 23.7 Å². The highest BCUT2D eigenvalue weighted by molar-refractivity contribution is 9.10. The Morgan fingerprint density at radius 1 is 1.55 bits per heavy atom. The van der Waals surface area contributed by atoms with E-state index >= 15 is 0 Å². The van der Waals surface area contributed by atoms with E-state index in [1.807, 2.05) is 13.8 Å². The van der Waals surface area contributed by atoms with E-state index in [-0.39, 0.29) is 18.6 Å². The van der Waals surface area contributed by atoms with E-state index in [9.17, 15) is 9.90 Å². The van der Waals surface area contributed by atoms with Gasteiger partial charge in [0.1, 0.15) is 0 Å². The molecule has 1 aromatic rings. The van der Waals surface area contributed by atoms with Crippen LogP contribution in [0.2, 0.25) is 5.02 Å². The van der Waals surface area contributed by atoms with Crippen LogP contribution in [-0.2, 0) is 4.74 Å². The van der Waals surface area contributed by atoms with Crippen molar-refractivity contribution in [3.05, 3.63) is 33.3 Å². The van der Waals surface area contributed by atoms with Crippen LogP contribution >= 0.6 is 27.5 Å². The molecule has 0 aromatic heterocycles. The van der Waals surface area contributed by atoms with Crippen molar-refractivity contribution >= 4 is 33.4 Å². The van der Waals surface area contributed by atoms with Crippen LogP contribution in [0.4, 0.5) is 0 Å². The lowest BCUT2D eigenvalue weighted by Gasteiger charge is -2.42. The molecule has 1 amide bonds. The SMILES string of the molecule is CC1(C)CN(C(=O)c2cc(Cl)cc(Br)c2)CC(CO)O1. The van der Waals surface area contributed by atoms with Gasteiger partial charge < -0.3 is 14.7 Å². The number of rotatable bonds is 2. The molecule has 0 saturated carbocycles. The van der Waals surface area contributed by atoms with E-state index in [1.54, 1.807) is 23.1 Å². The predicted molar refractivity (Wildman–Crippen MR) is 81.1 cm³/mol. The van der Waals surface area contributed by atoms with E-state index in [0.717, 1.165) is 4.47 Å². The molecule has 2 rings (SSSR count). The third kappa shape index (κ3) is 3.73. The molecule has 20 heavy (non-hydrogen) atoms. The van der Waals surface area contributed by atoms with Crippen LogP contribution in [-0.4, -0.2) is 47.3 Å². The molecule has 6 heteroatoms. The van der Waals surface area contributed by atoms with E-state index in [1.165, 1.54) is 0 Å². The van der Waals surface area contributed by atoms with Crippen LogP contribution < -0.4 is 0 Å². The third-order valence-corrected chi connectivity index (χ3v) is 3.76. The van der Waals surface area contributed by atoms with Gasteiger partial charge in [-0.15, -0.1) is 0 Å². The molecule has 1 saturated heterocycles. The first kappa shape index (κ1) is 15.8. The second kappa shape index (κ2) is 6.02. The number of nitrogens with zero attached hydrogens (tertiary/aromatic N) is 1. The first-order chi connectivity index (χ1) is 9.30. The lowest BCUT2D eigenvalue weighted by atomic mass is 10.0. The van der Waals surface area contributed by atoms with Crippen molar-refractivity contribution in [3.63, 3.8) is 0 Å². The molecule has 0 bridgehead atoms. The molecule has 0 spiro atoms. The highest BCUT2D eigenvalue weighted by Crippen LogP contribution is 2.25. The summed E-state index contributed by atoms with van der Waals surface area (Å²) in [5.41, 5.74) is 0.0515. The summed E-state index contributed by atoms with van der Waals surface area (Å²) >= 11 is 9.31. The Morgan fingerprint density at radius 3 is 2.85 bits per heavy atom. The van der Waals surface area contributed by atoms with Gasteiger partial charge in [0.2, 0.25) is 0 Å². The Bertz CT molecular complexity index is 501. The van der Waals surface area contributed by atoms with Crippen molar-refractivity contribution in [2.45, 2.75) is 25.6 Å². The molecule has 0 radical (unpaired) electrons. The lowest BCUT2D eigenvalue weighted by molar-refractivity contribution is -0.139. The summed E-state index contributed by atoms with van der Waals surface area (Å²) in [6.07, 6.45) is -0.356. The number of carbonyl (C=O) groups excluding carboxylic acids is 1. The monoisotopic (exact) mass is 361 g/mol. The molecular weight excluding hydrogens is 346 g/mol. The van der Waals surface area contributed by atoms with Crippen molar-refractivity contribution in [1.29, 1.82) is 0 Å². The Kier molecular flexibility index (Phi) is 4.74. The molecule has 1 aromatic carbocycles. The zero-order valence-electron chi connectivity index (χ0n) is 11.4. The fraction of sp³-hybridized carbons (Fsp3) is 0.500. The maximum atomic E-state index is 12.6. The van der Waals surface area contributed by atoms with Gasteiger partial charge in [-0.1, -0.05) is 27.5 Å². The number of halogens is 2. The fourth-order valence-electron chi connectivity index (χ4n) is 2.41. The number of amides is 1. The Balaban J connectivity index is 2.23. The molecule has 1 heterocycles. The lowest BCUT2D eigenvalue weighted by Crippen LogP contribution is -2.55. The molecule has 1 fully saturated rings. The Hall–Kier alpha value is -0.620. The summed E-state index contributed by atoms with van der Waals surface area (Å²) in [5, 5.41) is 9.80. The first-order valence-corrected chi connectivity index (χ1v) is 7.52.